The van der Waals surface area contributed by atoms with Gasteiger partial charge in [-0.2, -0.15) is 5.10 Å². The summed E-state index contributed by atoms with van der Waals surface area (Å²) in [5.41, 5.74) is 3.07. The smallest absolute Gasteiger partial charge is 0.154 e. The Morgan fingerprint density at radius 3 is 2.43 bits per heavy atom. The molecule has 4 nitrogen and oxygen atoms in total. The van der Waals surface area contributed by atoms with Gasteiger partial charge in [-0.3, -0.25) is 0 Å². The quantitative estimate of drug-likeness (QED) is 0.711. The van der Waals surface area contributed by atoms with Gasteiger partial charge in [-0.1, -0.05) is 13.8 Å². The summed E-state index contributed by atoms with van der Waals surface area (Å²) in [6, 6.07) is 9.94. The van der Waals surface area contributed by atoms with Gasteiger partial charge in [0.05, 0.1) is 18.3 Å². The minimum absolute atomic E-state index is 0.813. The van der Waals surface area contributed by atoms with E-state index in [2.05, 4.69) is 17.0 Å². The Balaban J connectivity index is 0.000000774. The Bertz CT molecular complexity index is 747. The molecule has 0 spiro atoms. The number of aryl methyl sites for hydroxylation is 2. The third kappa shape index (κ3) is 3.05. The van der Waals surface area contributed by atoms with Crippen LogP contribution >= 0.6 is 0 Å². The van der Waals surface area contributed by atoms with Crippen LogP contribution in [0.2, 0.25) is 0 Å². The van der Waals surface area contributed by atoms with Crippen LogP contribution in [0.5, 0.6) is 5.75 Å². The monoisotopic (exact) mass is 283 g/mol. The number of fused-ring (bicyclic) bond motifs is 1. The molecule has 0 unspecified atom stereocenters. The second-order valence-corrected chi connectivity index (χ2v) is 4.58. The molecule has 0 atom stereocenters. The van der Waals surface area contributed by atoms with E-state index in [1.165, 1.54) is 5.56 Å². The van der Waals surface area contributed by atoms with Crippen molar-refractivity contribution in [2.75, 3.05) is 7.11 Å². The zero-order valence-electron chi connectivity index (χ0n) is 13.2. The standard InChI is InChI=1S/C15H15N3O.C2H6/c1-10-8-15(18-7-6-11(2)17-18)16-14-9-12(19-3)4-5-13(10)14;1-2/h4-9H,1-3H3;1-2H3. The highest BCUT2D eigenvalue weighted by Gasteiger charge is 2.06. The van der Waals surface area contributed by atoms with Gasteiger partial charge in [0.2, 0.25) is 0 Å². The summed E-state index contributed by atoms with van der Waals surface area (Å²) in [6.07, 6.45) is 1.92. The molecule has 0 fully saturated rings. The molecule has 3 aromatic rings. The molecule has 3 rings (SSSR count). The average molecular weight is 283 g/mol. The van der Waals surface area contributed by atoms with Gasteiger partial charge in [-0.15, -0.1) is 0 Å². The molecule has 0 saturated heterocycles. The number of rotatable bonds is 2. The molecule has 2 heterocycles. The Morgan fingerprint density at radius 2 is 1.81 bits per heavy atom. The molecule has 0 radical (unpaired) electrons. The first-order valence-corrected chi connectivity index (χ1v) is 7.15. The predicted octanol–water partition coefficient (Wildman–Crippen LogP) is 4.07. The zero-order chi connectivity index (χ0) is 15.4. The van der Waals surface area contributed by atoms with E-state index in [4.69, 9.17) is 4.74 Å². The van der Waals surface area contributed by atoms with E-state index in [1.54, 1.807) is 11.8 Å². The van der Waals surface area contributed by atoms with Crippen LogP contribution in [0.25, 0.3) is 16.7 Å². The molecule has 0 aliphatic heterocycles. The molecule has 0 saturated carbocycles. The van der Waals surface area contributed by atoms with Gasteiger partial charge in [0.1, 0.15) is 5.75 Å². The van der Waals surface area contributed by atoms with Crippen molar-refractivity contribution in [1.82, 2.24) is 14.8 Å². The fourth-order valence-electron chi connectivity index (χ4n) is 2.15. The number of aromatic nitrogens is 3. The van der Waals surface area contributed by atoms with E-state index in [9.17, 15) is 0 Å². The maximum absolute atomic E-state index is 5.25. The Morgan fingerprint density at radius 1 is 1.05 bits per heavy atom. The minimum atomic E-state index is 0.813. The first-order chi connectivity index (χ1) is 10.2. The zero-order valence-corrected chi connectivity index (χ0v) is 13.2. The first-order valence-electron chi connectivity index (χ1n) is 7.15. The van der Waals surface area contributed by atoms with Gasteiger partial charge in [-0.05, 0) is 43.7 Å². The fourth-order valence-corrected chi connectivity index (χ4v) is 2.15. The molecule has 0 amide bonds. The number of hydrogen-bond donors (Lipinski definition) is 0. The van der Waals surface area contributed by atoms with Crippen molar-refractivity contribution in [2.24, 2.45) is 0 Å². The van der Waals surface area contributed by atoms with Crippen LogP contribution in [0.15, 0.2) is 36.5 Å². The Labute approximate surface area is 125 Å². The summed E-state index contributed by atoms with van der Waals surface area (Å²) in [4.78, 5) is 4.65. The lowest BCUT2D eigenvalue weighted by Crippen LogP contribution is -2.00. The van der Waals surface area contributed by atoms with Crippen molar-refractivity contribution < 1.29 is 4.74 Å². The average Bonchev–Trinajstić information content (AvgIpc) is 2.95. The number of nitrogens with zero attached hydrogens (tertiary/aromatic N) is 3. The fraction of sp³-hybridized carbons (Fsp3) is 0.294. The molecule has 2 aromatic heterocycles. The van der Waals surface area contributed by atoms with Crippen LogP contribution in [-0.2, 0) is 0 Å². The van der Waals surface area contributed by atoms with Crippen LogP contribution < -0.4 is 4.74 Å². The van der Waals surface area contributed by atoms with Crippen LogP contribution in [0, 0.1) is 13.8 Å². The van der Waals surface area contributed by atoms with E-state index >= 15 is 0 Å². The van der Waals surface area contributed by atoms with E-state index in [-0.39, 0.29) is 0 Å². The number of hydrogen-bond acceptors (Lipinski definition) is 3. The maximum Gasteiger partial charge on any atom is 0.154 e. The highest BCUT2D eigenvalue weighted by Crippen LogP contribution is 2.23. The van der Waals surface area contributed by atoms with Gasteiger partial charge in [0.25, 0.3) is 0 Å². The van der Waals surface area contributed by atoms with Crippen LogP contribution in [-0.4, -0.2) is 21.9 Å². The van der Waals surface area contributed by atoms with Crippen molar-refractivity contribution in [1.29, 1.82) is 0 Å². The third-order valence-corrected chi connectivity index (χ3v) is 3.17. The predicted molar refractivity (Wildman–Crippen MR) is 86.2 cm³/mol. The minimum Gasteiger partial charge on any atom is -0.497 e. The number of methoxy groups -OCH3 is 1. The highest BCUT2D eigenvalue weighted by molar-refractivity contribution is 5.84. The Kier molecular flexibility index (Phi) is 4.58. The van der Waals surface area contributed by atoms with Gasteiger partial charge in [-0.25, -0.2) is 9.67 Å². The van der Waals surface area contributed by atoms with Gasteiger partial charge in [0, 0.05) is 17.6 Å². The van der Waals surface area contributed by atoms with Crippen molar-refractivity contribution >= 4 is 10.9 Å². The Hall–Kier alpha value is -2.36. The topological polar surface area (TPSA) is 39.9 Å². The molecule has 4 heteroatoms. The lowest BCUT2D eigenvalue weighted by atomic mass is 10.1. The second kappa shape index (κ2) is 6.39. The summed E-state index contributed by atoms with van der Waals surface area (Å²) >= 11 is 0. The number of benzene rings is 1. The molecular weight excluding hydrogens is 262 g/mol. The molecule has 1 aromatic carbocycles. The molecule has 0 bridgehead atoms. The molecule has 0 aliphatic rings. The number of pyridine rings is 1. The van der Waals surface area contributed by atoms with E-state index < -0.39 is 0 Å². The van der Waals surface area contributed by atoms with Crippen LogP contribution in [0.4, 0.5) is 0 Å². The summed E-state index contributed by atoms with van der Waals surface area (Å²) in [5.74, 6) is 1.64. The van der Waals surface area contributed by atoms with Crippen LogP contribution in [0.1, 0.15) is 25.1 Å². The van der Waals surface area contributed by atoms with Gasteiger partial charge in [0.15, 0.2) is 5.82 Å². The van der Waals surface area contributed by atoms with Gasteiger partial charge >= 0.3 is 0 Å². The molecule has 21 heavy (non-hydrogen) atoms. The van der Waals surface area contributed by atoms with E-state index in [0.29, 0.717) is 0 Å². The summed E-state index contributed by atoms with van der Waals surface area (Å²) in [7, 11) is 1.66. The second-order valence-electron chi connectivity index (χ2n) is 4.58. The van der Waals surface area contributed by atoms with E-state index in [0.717, 1.165) is 28.2 Å². The molecular formula is C17H21N3O. The third-order valence-electron chi connectivity index (χ3n) is 3.17. The van der Waals surface area contributed by atoms with E-state index in [1.807, 2.05) is 57.3 Å². The molecule has 0 N–H and O–H groups in total. The lowest BCUT2D eigenvalue weighted by Gasteiger charge is -2.08. The number of ether oxygens (including phenoxy) is 1. The first kappa shape index (κ1) is 15.0. The molecule has 0 aliphatic carbocycles. The SMILES string of the molecule is CC.COc1ccc2c(C)cc(-n3ccc(C)n3)nc2c1. The van der Waals surface area contributed by atoms with Gasteiger partial charge < -0.3 is 4.74 Å². The molecule has 110 valence electrons. The summed E-state index contributed by atoms with van der Waals surface area (Å²) in [5, 5.41) is 5.53. The summed E-state index contributed by atoms with van der Waals surface area (Å²) in [6.45, 7) is 8.05. The van der Waals surface area contributed by atoms with Crippen molar-refractivity contribution in [2.45, 2.75) is 27.7 Å². The maximum atomic E-state index is 5.25. The van der Waals surface area contributed by atoms with Crippen molar-refractivity contribution in [3.05, 3.63) is 47.8 Å². The normalized spacial score (nSPS) is 10.1. The van der Waals surface area contributed by atoms with Crippen molar-refractivity contribution in [3.63, 3.8) is 0 Å². The lowest BCUT2D eigenvalue weighted by molar-refractivity contribution is 0.415. The summed E-state index contributed by atoms with van der Waals surface area (Å²) < 4.78 is 7.04. The highest BCUT2D eigenvalue weighted by atomic mass is 16.5. The van der Waals surface area contributed by atoms with Crippen molar-refractivity contribution in [3.8, 4) is 11.6 Å². The largest absolute Gasteiger partial charge is 0.497 e. The van der Waals surface area contributed by atoms with Crippen LogP contribution in [0.3, 0.4) is 0 Å².